The Balaban J connectivity index is 1.41. The fourth-order valence-electron chi connectivity index (χ4n) is 5.00. The first-order valence-corrected chi connectivity index (χ1v) is 10.4. The van der Waals surface area contributed by atoms with Gasteiger partial charge in [0.2, 0.25) is 0 Å². The Morgan fingerprint density at radius 3 is 2.67 bits per heavy atom. The Bertz CT molecular complexity index is 1050. The van der Waals surface area contributed by atoms with Crippen molar-refractivity contribution in [1.82, 2.24) is 34.8 Å². The Morgan fingerprint density at radius 2 is 2.00 bits per heavy atom. The first-order chi connectivity index (χ1) is 14.4. The molecule has 8 heteroatoms. The zero-order valence-electron chi connectivity index (χ0n) is 17.7. The van der Waals surface area contributed by atoms with Crippen molar-refractivity contribution >= 4 is 5.91 Å². The summed E-state index contributed by atoms with van der Waals surface area (Å²) in [6.07, 6.45) is 0. The molecule has 0 unspecified atom stereocenters. The fourth-order valence-corrected chi connectivity index (χ4v) is 5.00. The van der Waals surface area contributed by atoms with E-state index in [0.29, 0.717) is 24.7 Å². The molecule has 30 heavy (non-hydrogen) atoms. The van der Waals surface area contributed by atoms with Gasteiger partial charge in [-0.3, -0.25) is 19.5 Å². The first-order valence-electron chi connectivity index (χ1n) is 10.4. The van der Waals surface area contributed by atoms with Crippen LogP contribution >= 0.6 is 0 Å². The van der Waals surface area contributed by atoms with Crippen molar-refractivity contribution in [1.29, 1.82) is 0 Å². The van der Waals surface area contributed by atoms with E-state index in [4.69, 9.17) is 4.98 Å². The summed E-state index contributed by atoms with van der Waals surface area (Å²) in [5.41, 5.74) is 2.54. The van der Waals surface area contributed by atoms with Gasteiger partial charge in [-0.25, -0.2) is 4.98 Å². The molecule has 0 saturated carbocycles. The van der Waals surface area contributed by atoms with Crippen LogP contribution in [0.25, 0.3) is 0 Å². The normalized spacial score (nSPS) is 23.8. The molecule has 2 aliphatic rings. The van der Waals surface area contributed by atoms with Crippen LogP contribution < -0.4 is 0 Å². The van der Waals surface area contributed by atoms with Gasteiger partial charge in [-0.1, -0.05) is 30.3 Å². The molecule has 0 radical (unpaired) electrons. The van der Waals surface area contributed by atoms with Crippen LogP contribution in [-0.2, 0) is 19.0 Å². The first kappa shape index (κ1) is 19.0. The summed E-state index contributed by atoms with van der Waals surface area (Å²) in [5.74, 6) is 1.93. The zero-order chi connectivity index (χ0) is 20.9. The van der Waals surface area contributed by atoms with Crippen molar-refractivity contribution < 1.29 is 4.79 Å². The number of likely N-dealkylation sites (tertiary alicyclic amines) is 2. The molecule has 2 fully saturated rings. The lowest BCUT2D eigenvalue weighted by molar-refractivity contribution is 0.0762. The quantitative estimate of drug-likeness (QED) is 0.714. The molecule has 1 amide bonds. The average molecular weight is 406 g/mol. The Hall–Kier alpha value is -3.00. The SMILES string of the molecule is Cc1nc([C@]23CN(Cc4ccccc4)C[C@H]2CN(C(=O)c2cc(C)n(C)n2)C3)n[nH]1. The minimum Gasteiger partial charge on any atom is -0.336 e. The molecular weight excluding hydrogens is 378 g/mol. The molecule has 0 bridgehead atoms. The van der Waals surface area contributed by atoms with Gasteiger partial charge in [0.25, 0.3) is 5.91 Å². The Kier molecular flexibility index (Phi) is 4.47. The Morgan fingerprint density at radius 1 is 1.20 bits per heavy atom. The van der Waals surface area contributed by atoms with Crippen LogP contribution in [0.15, 0.2) is 36.4 Å². The number of nitrogens with zero attached hydrogens (tertiary/aromatic N) is 6. The molecule has 0 spiro atoms. The molecular formula is C22H27N7O. The second-order valence-electron chi connectivity index (χ2n) is 8.73. The molecule has 2 atom stereocenters. The van der Waals surface area contributed by atoms with E-state index in [1.165, 1.54) is 5.56 Å². The molecule has 5 rings (SSSR count). The van der Waals surface area contributed by atoms with E-state index in [9.17, 15) is 4.79 Å². The van der Waals surface area contributed by atoms with Gasteiger partial charge in [0.1, 0.15) is 5.82 Å². The number of nitrogens with one attached hydrogen (secondary N) is 1. The lowest BCUT2D eigenvalue weighted by atomic mass is 9.80. The predicted octanol–water partition coefficient (Wildman–Crippen LogP) is 1.68. The number of aromatic amines is 1. The van der Waals surface area contributed by atoms with E-state index < -0.39 is 0 Å². The van der Waals surface area contributed by atoms with Crippen LogP contribution in [0.3, 0.4) is 0 Å². The van der Waals surface area contributed by atoms with Crippen molar-refractivity contribution in [2.75, 3.05) is 26.2 Å². The van der Waals surface area contributed by atoms with E-state index in [-0.39, 0.29) is 11.3 Å². The summed E-state index contributed by atoms with van der Waals surface area (Å²) >= 11 is 0. The van der Waals surface area contributed by atoms with Gasteiger partial charge in [0.05, 0.1) is 5.41 Å². The lowest BCUT2D eigenvalue weighted by Crippen LogP contribution is -2.40. The summed E-state index contributed by atoms with van der Waals surface area (Å²) in [7, 11) is 1.87. The number of carbonyl (C=O) groups excluding carboxylic acids is 1. The highest BCUT2D eigenvalue weighted by Gasteiger charge is 2.56. The molecule has 2 aromatic heterocycles. The molecule has 4 heterocycles. The molecule has 3 aromatic rings. The standard InChI is InChI=1S/C22H27N7O/c1-15-9-19(26-27(15)3)20(30)29-12-18-11-28(10-17-7-5-4-6-8-17)13-22(18,14-29)21-23-16(2)24-25-21/h4-9,18H,10-14H2,1-3H3,(H,23,24,25)/t18-,22-/m0/s1. The van der Waals surface area contributed by atoms with Gasteiger partial charge in [-0.2, -0.15) is 10.2 Å². The molecule has 2 saturated heterocycles. The number of aryl methyl sites for hydroxylation is 3. The van der Waals surface area contributed by atoms with E-state index in [1.807, 2.05) is 37.9 Å². The third-order valence-corrected chi connectivity index (χ3v) is 6.59. The van der Waals surface area contributed by atoms with Crippen molar-refractivity contribution in [3.05, 3.63) is 65.0 Å². The summed E-state index contributed by atoms with van der Waals surface area (Å²) in [4.78, 5) is 22.3. The number of aromatic nitrogens is 5. The second-order valence-corrected chi connectivity index (χ2v) is 8.73. The van der Waals surface area contributed by atoms with Gasteiger partial charge in [0, 0.05) is 51.4 Å². The van der Waals surface area contributed by atoms with Gasteiger partial charge < -0.3 is 4.90 Å². The Labute approximate surface area is 175 Å². The van der Waals surface area contributed by atoms with Crippen LogP contribution in [0.1, 0.15) is 33.4 Å². The third-order valence-electron chi connectivity index (χ3n) is 6.59. The summed E-state index contributed by atoms with van der Waals surface area (Å²) in [5, 5.41) is 11.9. The van der Waals surface area contributed by atoms with E-state index in [1.54, 1.807) is 4.68 Å². The van der Waals surface area contributed by atoms with E-state index in [2.05, 4.69) is 44.5 Å². The maximum Gasteiger partial charge on any atom is 0.274 e. The number of rotatable bonds is 4. The van der Waals surface area contributed by atoms with Gasteiger partial charge >= 0.3 is 0 Å². The van der Waals surface area contributed by atoms with Crippen LogP contribution in [0.5, 0.6) is 0 Å². The van der Waals surface area contributed by atoms with Crippen molar-refractivity contribution in [2.24, 2.45) is 13.0 Å². The largest absolute Gasteiger partial charge is 0.336 e. The summed E-state index contributed by atoms with van der Waals surface area (Å²) < 4.78 is 1.75. The van der Waals surface area contributed by atoms with E-state index in [0.717, 1.165) is 37.0 Å². The second kappa shape index (κ2) is 7.05. The number of H-pyrrole nitrogens is 1. The molecule has 8 nitrogen and oxygen atoms in total. The van der Waals surface area contributed by atoms with Crippen molar-refractivity contribution in [3.63, 3.8) is 0 Å². The monoisotopic (exact) mass is 405 g/mol. The smallest absolute Gasteiger partial charge is 0.274 e. The van der Waals surface area contributed by atoms with Crippen LogP contribution in [-0.4, -0.2) is 66.8 Å². The summed E-state index contributed by atoms with van der Waals surface area (Å²) in [6.45, 7) is 7.87. The van der Waals surface area contributed by atoms with E-state index >= 15 is 0 Å². The number of hydrogen-bond donors (Lipinski definition) is 1. The third kappa shape index (κ3) is 3.11. The highest BCUT2D eigenvalue weighted by atomic mass is 16.2. The van der Waals surface area contributed by atoms with Gasteiger partial charge in [-0.15, -0.1) is 0 Å². The number of carbonyl (C=O) groups is 1. The van der Waals surface area contributed by atoms with Crippen LogP contribution in [0, 0.1) is 19.8 Å². The number of benzene rings is 1. The van der Waals surface area contributed by atoms with Crippen molar-refractivity contribution in [2.45, 2.75) is 25.8 Å². The van der Waals surface area contributed by atoms with Crippen LogP contribution in [0.2, 0.25) is 0 Å². The average Bonchev–Trinajstić information content (AvgIpc) is 3.46. The van der Waals surface area contributed by atoms with Crippen LogP contribution in [0.4, 0.5) is 0 Å². The minimum atomic E-state index is -0.251. The fraction of sp³-hybridized carbons (Fsp3) is 0.455. The minimum absolute atomic E-state index is 0.00524. The topological polar surface area (TPSA) is 82.9 Å². The summed E-state index contributed by atoms with van der Waals surface area (Å²) in [6, 6.07) is 12.4. The molecule has 1 N–H and O–H groups in total. The molecule has 1 aromatic carbocycles. The van der Waals surface area contributed by atoms with Gasteiger partial charge in [-0.05, 0) is 25.5 Å². The maximum absolute atomic E-state index is 13.2. The number of hydrogen-bond acceptors (Lipinski definition) is 5. The molecule has 156 valence electrons. The molecule has 2 aliphatic heterocycles. The predicted molar refractivity (Wildman–Crippen MR) is 112 cm³/mol. The maximum atomic E-state index is 13.2. The number of amides is 1. The van der Waals surface area contributed by atoms with Gasteiger partial charge in [0.15, 0.2) is 11.5 Å². The highest BCUT2D eigenvalue weighted by molar-refractivity contribution is 5.92. The number of fused-ring (bicyclic) bond motifs is 1. The molecule has 0 aliphatic carbocycles. The highest BCUT2D eigenvalue weighted by Crippen LogP contribution is 2.44. The zero-order valence-corrected chi connectivity index (χ0v) is 17.7. The lowest BCUT2D eigenvalue weighted by Gasteiger charge is -2.26. The van der Waals surface area contributed by atoms with Crippen molar-refractivity contribution in [3.8, 4) is 0 Å².